The minimum Gasteiger partial charge on any atom is -0.308 e. The van der Waals surface area contributed by atoms with Crippen LogP contribution in [0.15, 0.2) is 0 Å². The lowest BCUT2D eigenvalue weighted by Crippen LogP contribution is -2.70. The average molecular weight is 254 g/mol. The predicted molar refractivity (Wildman–Crippen MR) is 81.1 cm³/mol. The first kappa shape index (κ1) is 16.0. The summed E-state index contributed by atoms with van der Waals surface area (Å²) in [5.41, 5.74) is 0.682. The Kier molecular flexibility index (Phi) is 5.67. The van der Waals surface area contributed by atoms with Gasteiger partial charge in [0.15, 0.2) is 0 Å². The number of nitrogens with one attached hydrogen (secondary N) is 1. The largest absolute Gasteiger partial charge is 0.308 e. The van der Waals surface area contributed by atoms with Crippen molar-refractivity contribution in [2.75, 3.05) is 13.1 Å². The van der Waals surface area contributed by atoms with Gasteiger partial charge < -0.3 is 5.32 Å². The summed E-state index contributed by atoms with van der Waals surface area (Å²) < 4.78 is 0. The molecule has 1 saturated heterocycles. The Morgan fingerprint density at radius 3 is 1.94 bits per heavy atom. The number of hydrogen-bond acceptors (Lipinski definition) is 2. The van der Waals surface area contributed by atoms with Gasteiger partial charge in [0.25, 0.3) is 0 Å². The van der Waals surface area contributed by atoms with E-state index in [4.69, 9.17) is 0 Å². The molecule has 1 rings (SSSR count). The monoisotopic (exact) mass is 254 g/mol. The van der Waals surface area contributed by atoms with E-state index in [1.165, 1.54) is 38.6 Å². The van der Waals surface area contributed by atoms with E-state index >= 15 is 0 Å². The Hall–Kier alpha value is -0.0800. The average Bonchev–Trinajstić information content (AvgIpc) is 2.42. The standard InChI is InChI=1S/C16H34N2/c1-7-14(8-2)18-13-16(10-4,11-5)17-12-15(18,6)9-3/h14,17H,7-13H2,1-6H3. The van der Waals surface area contributed by atoms with Crippen LogP contribution in [0, 0.1) is 0 Å². The van der Waals surface area contributed by atoms with E-state index in [2.05, 4.69) is 51.8 Å². The number of hydrogen-bond donors (Lipinski definition) is 1. The maximum absolute atomic E-state index is 3.86. The van der Waals surface area contributed by atoms with E-state index in [-0.39, 0.29) is 0 Å². The zero-order chi connectivity index (χ0) is 13.8. The molecule has 1 atom stereocenters. The van der Waals surface area contributed by atoms with Gasteiger partial charge in [0, 0.05) is 30.2 Å². The summed E-state index contributed by atoms with van der Waals surface area (Å²) in [6.07, 6.45) is 6.26. The highest BCUT2D eigenvalue weighted by molar-refractivity contribution is 5.03. The summed E-state index contributed by atoms with van der Waals surface area (Å²) in [6, 6.07) is 0.745. The highest BCUT2D eigenvalue weighted by atomic mass is 15.3. The fourth-order valence-electron chi connectivity index (χ4n) is 3.40. The highest BCUT2D eigenvalue weighted by Crippen LogP contribution is 2.33. The van der Waals surface area contributed by atoms with Gasteiger partial charge in [-0.25, -0.2) is 0 Å². The molecule has 0 saturated carbocycles. The van der Waals surface area contributed by atoms with Crippen molar-refractivity contribution in [2.24, 2.45) is 0 Å². The summed E-state index contributed by atoms with van der Waals surface area (Å²) in [4.78, 5) is 2.82. The van der Waals surface area contributed by atoms with Gasteiger partial charge in [0.05, 0.1) is 0 Å². The van der Waals surface area contributed by atoms with E-state index < -0.39 is 0 Å². The van der Waals surface area contributed by atoms with E-state index in [9.17, 15) is 0 Å². The first-order valence-electron chi connectivity index (χ1n) is 8.02. The molecule has 1 fully saturated rings. The van der Waals surface area contributed by atoms with Crippen molar-refractivity contribution in [3.05, 3.63) is 0 Å². The molecule has 0 radical (unpaired) electrons. The molecular formula is C16H34N2. The van der Waals surface area contributed by atoms with Gasteiger partial charge in [-0.1, -0.05) is 34.6 Å². The minimum atomic E-state index is 0.338. The van der Waals surface area contributed by atoms with Gasteiger partial charge in [-0.2, -0.15) is 0 Å². The van der Waals surface area contributed by atoms with Gasteiger partial charge in [-0.05, 0) is 39.0 Å². The van der Waals surface area contributed by atoms with E-state index in [0.717, 1.165) is 12.6 Å². The summed E-state index contributed by atoms with van der Waals surface area (Å²) >= 11 is 0. The molecule has 1 aliphatic rings. The molecule has 1 heterocycles. The summed E-state index contributed by atoms with van der Waals surface area (Å²) in [5, 5.41) is 3.86. The third-order valence-electron chi connectivity index (χ3n) is 5.51. The molecule has 1 N–H and O–H groups in total. The third kappa shape index (κ3) is 2.91. The van der Waals surface area contributed by atoms with Crippen LogP contribution in [-0.4, -0.2) is 35.1 Å². The molecule has 1 unspecified atom stereocenters. The van der Waals surface area contributed by atoms with Crippen LogP contribution in [0.5, 0.6) is 0 Å². The van der Waals surface area contributed by atoms with Crippen molar-refractivity contribution >= 4 is 0 Å². The highest BCUT2D eigenvalue weighted by Gasteiger charge is 2.44. The van der Waals surface area contributed by atoms with Crippen LogP contribution >= 0.6 is 0 Å². The van der Waals surface area contributed by atoms with Crippen LogP contribution in [0.1, 0.15) is 73.6 Å². The molecule has 0 aliphatic carbocycles. The molecular weight excluding hydrogens is 220 g/mol. The zero-order valence-electron chi connectivity index (χ0n) is 13.5. The van der Waals surface area contributed by atoms with Crippen LogP contribution in [0.4, 0.5) is 0 Å². The lowest BCUT2D eigenvalue weighted by molar-refractivity contribution is -0.0251. The lowest BCUT2D eigenvalue weighted by atomic mass is 9.81. The second kappa shape index (κ2) is 6.38. The molecule has 108 valence electrons. The topological polar surface area (TPSA) is 15.3 Å². The van der Waals surface area contributed by atoms with Crippen LogP contribution in [0.2, 0.25) is 0 Å². The molecule has 2 nitrogen and oxygen atoms in total. The SMILES string of the molecule is CCC(CC)N1CC(CC)(CC)NCC1(C)CC. The van der Waals surface area contributed by atoms with Crippen molar-refractivity contribution in [3.8, 4) is 0 Å². The Morgan fingerprint density at radius 2 is 1.56 bits per heavy atom. The van der Waals surface area contributed by atoms with Crippen molar-refractivity contribution in [1.29, 1.82) is 0 Å². The van der Waals surface area contributed by atoms with Crippen molar-refractivity contribution in [3.63, 3.8) is 0 Å². The first-order chi connectivity index (χ1) is 8.50. The smallest absolute Gasteiger partial charge is 0.0307 e. The number of piperazine rings is 1. The molecule has 2 heteroatoms. The summed E-state index contributed by atoms with van der Waals surface area (Å²) in [6.45, 7) is 16.5. The second-order valence-electron chi connectivity index (χ2n) is 6.29. The molecule has 0 spiro atoms. The van der Waals surface area contributed by atoms with Gasteiger partial charge >= 0.3 is 0 Å². The molecule has 0 aromatic heterocycles. The molecule has 0 aromatic rings. The summed E-state index contributed by atoms with van der Waals surface area (Å²) in [7, 11) is 0. The Morgan fingerprint density at radius 1 is 1.00 bits per heavy atom. The van der Waals surface area contributed by atoms with Crippen molar-refractivity contribution < 1.29 is 0 Å². The van der Waals surface area contributed by atoms with Crippen LogP contribution in [-0.2, 0) is 0 Å². The summed E-state index contributed by atoms with van der Waals surface area (Å²) in [5.74, 6) is 0. The van der Waals surface area contributed by atoms with Gasteiger partial charge in [0.2, 0.25) is 0 Å². The van der Waals surface area contributed by atoms with Gasteiger partial charge in [0.1, 0.15) is 0 Å². The maximum atomic E-state index is 3.86. The fraction of sp³-hybridized carbons (Fsp3) is 1.00. The molecule has 1 aliphatic heterocycles. The predicted octanol–water partition coefficient (Wildman–Crippen LogP) is 3.81. The van der Waals surface area contributed by atoms with E-state index in [1.807, 2.05) is 0 Å². The quantitative estimate of drug-likeness (QED) is 0.775. The van der Waals surface area contributed by atoms with Crippen LogP contribution in [0.3, 0.4) is 0 Å². The number of nitrogens with zero attached hydrogens (tertiary/aromatic N) is 1. The third-order valence-corrected chi connectivity index (χ3v) is 5.51. The Balaban J connectivity index is 2.96. The molecule has 0 amide bonds. The number of rotatable bonds is 6. The fourth-order valence-corrected chi connectivity index (χ4v) is 3.40. The maximum Gasteiger partial charge on any atom is 0.0307 e. The lowest BCUT2D eigenvalue weighted by Gasteiger charge is -2.55. The van der Waals surface area contributed by atoms with Crippen LogP contribution in [0.25, 0.3) is 0 Å². The second-order valence-corrected chi connectivity index (χ2v) is 6.29. The molecule has 18 heavy (non-hydrogen) atoms. The van der Waals surface area contributed by atoms with E-state index in [0.29, 0.717) is 11.1 Å². The van der Waals surface area contributed by atoms with Gasteiger partial charge in [-0.3, -0.25) is 4.90 Å². The first-order valence-corrected chi connectivity index (χ1v) is 8.02. The Labute approximate surface area is 115 Å². The zero-order valence-corrected chi connectivity index (χ0v) is 13.5. The van der Waals surface area contributed by atoms with E-state index in [1.54, 1.807) is 0 Å². The normalized spacial score (nSPS) is 28.8. The van der Waals surface area contributed by atoms with Crippen molar-refractivity contribution in [2.45, 2.75) is 90.8 Å². The minimum absolute atomic E-state index is 0.338. The Bertz CT molecular complexity index is 243. The van der Waals surface area contributed by atoms with Crippen molar-refractivity contribution in [1.82, 2.24) is 10.2 Å². The van der Waals surface area contributed by atoms with Gasteiger partial charge in [-0.15, -0.1) is 0 Å². The van der Waals surface area contributed by atoms with Crippen LogP contribution < -0.4 is 5.32 Å². The molecule has 0 aromatic carbocycles. The molecule has 0 bridgehead atoms.